The van der Waals surface area contributed by atoms with E-state index >= 15 is 0 Å². The lowest BCUT2D eigenvalue weighted by Gasteiger charge is -2.30. The summed E-state index contributed by atoms with van der Waals surface area (Å²) in [4.78, 5) is 13.8. The first-order valence-corrected chi connectivity index (χ1v) is 6.34. The first-order valence-electron chi connectivity index (χ1n) is 6.34. The van der Waals surface area contributed by atoms with Gasteiger partial charge in [0, 0.05) is 12.6 Å². The van der Waals surface area contributed by atoms with Crippen LogP contribution < -0.4 is 5.32 Å². The molecule has 1 unspecified atom stereocenters. The molecule has 0 aliphatic rings. The molecule has 0 bridgehead atoms. The predicted octanol–water partition coefficient (Wildman–Crippen LogP) is 0.744. The molecule has 0 rings (SSSR count). The molecule has 0 heterocycles. The average molecular weight is 255 g/mol. The number of rotatable bonds is 7. The van der Waals surface area contributed by atoms with E-state index in [0.717, 1.165) is 0 Å². The van der Waals surface area contributed by atoms with Gasteiger partial charge in [-0.1, -0.05) is 13.8 Å². The van der Waals surface area contributed by atoms with Crippen molar-refractivity contribution in [3.8, 4) is 6.07 Å². The highest BCUT2D eigenvalue weighted by Gasteiger charge is 2.30. The summed E-state index contributed by atoms with van der Waals surface area (Å²) in [5.41, 5.74) is -0.848. The monoisotopic (exact) mass is 255 g/mol. The first kappa shape index (κ1) is 16.9. The van der Waals surface area contributed by atoms with Crippen molar-refractivity contribution in [2.75, 3.05) is 19.7 Å². The van der Waals surface area contributed by atoms with E-state index in [-0.39, 0.29) is 31.0 Å². The number of carbonyl (C=O) groups excluding carboxylic acids is 1. The maximum absolute atomic E-state index is 11.9. The summed E-state index contributed by atoms with van der Waals surface area (Å²) in [6, 6.07) is 2.32. The average Bonchev–Trinajstić information content (AvgIpc) is 2.27. The molecular weight excluding hydrogens is 230 g/mol. The largest absolute Gasteiger partial charge is 0.395 e. The van der Waals surface area contributed by atoms with Crippen molar-refractivity contribution in [1.29, 1.82) is 5.26 Å². The lowest BCUT2D eigenvalue weighted by molar-refractivity contribution is -0.124. The minimum absolute atomic E-state index is 0.0190. The van der Waals surface area contributed by atoms with E-state index < -0.39 is 5.54 Å². The van der Waals surface area contributed by atoms with Gasteiger partial charge in [-0.3, -0.25) is 9.69 Å². The summed E-state index contributed by atoms with van der Waals surface area (Å²) >= 11 is 0. The van der Waals surface area contributed by atoms with Crippen LogP contribution in [0.5, 0.6) is 0 Å². The van der Waals surface area contributed by atoms with Crippen molar-refractivity contribution < 1.29 is 9.90 Å². The molecule has 0 saturated carbocycles. The molecule has 1 amide bonds. The van der Waals surface area contributed by atoms with E-state index in [1.807, 2.05) is 32.6 Å². The molecule has 0 saturated heterocycles. The second-order valence-electron chi connectivity index (χ2n) is 5.30. The predicted molar refractivity (Wildman–Crippen MR) is 70.8 cm³/mol. The van der Waals surface area contributed by atoms with Crippen molar-refractivity contribution in [3.05, 3.63) is 0 Å². The highest BCUT2D eigenvalue weighted by Crippen LogP contribution is 2.15. The number of aliphatic hydroxyl groups excluding tert-OH is 1. The number of nitrogens with one attached hydrogen (secondary N) is 1. The molecule has 104 valence electrons. The Hall–Kier alpha value is -1.12. The minimum atomic E-state index is -0.848. The van der Waals surface area contributed by atoms with Crippen LogP contribution in [0.25, 0.3) is 0 Å². The Kier molecular flexibility index (Phi) is 6.89. The molecule has 0 aromatic rings. The number of aliphatic hydroxyl groups is 1. The van der Waals surface area contributed by atoms with E-state index in [0.29, 0.717) is 6.54 Å². The van der Waals surface area contributed by atoms with E-state index in [1.54, 1.807) is 6.92 Å². The number of nitrogens with zero attached hydrogens (tertiary/aromatic N) is 2. The Bertz CT molecular complexity index is 310. The van der Waals surface area contributed by atoms with Crippen molar-refractivity contribution >= 4 is 5.91 Å². The number of carbonyl (C=O) groups is 1. The van der Waals surface area contributed by atoms with Crippen LogP contribution in [-0.2, 0) is 4.79 Å². The second kappa shape index (κ2) is 7.34. The highest BCUT2D eigenvalue weighted by atomic mass is 16.3. The second-order valence-corrected chi connectivity index (χ2v) is 5.30. The fourth-order valence-electron chi connectivity index (χ4n) is 1.46. The lowest BCUT2D eigenvalue weighted by Crippen LogP contribution is -2.52. The number of hydrogen-bond donors (Lipinski definition) is 2. The molecular formula is C13H25N3O2. The lowest BCUT2D eigenvalue weighted by atomic mass is 9.90. The van der Waals surface area contributed by atoms with Crippen LogP contribution in [-0.4, -0.2) is 47.2 Å². The zero-order valence-electron chi connectivity index (χ0n) is 12.0. The zero-order chi connectivity index (χ0) is 14.3. The van der Waals surface area contributed by atoms with Gasteiger partial charge in [0.2, 0.25) is 5.91 Å². The summed E-state index contributed by atoms with van der Waals surface area (Å²) in [6.45, 7) is 10.1. The number of amides is 1. The Morgan fingerprint density at radius 3 is 2.33 bits per heavy atom. The van der Waals surface area contributed by atoms with Gasteiger partial charge in [-0.25, -0.2) is 0 Å². The van der Waals surface area contributed by atoms with Crippen LogP contribution in [0.2, 0.25) is 0 Å². The van der Waals surface area contributed by atoms with Gasteiger partial charge in [-0.05, 0) is 26.7 Å². The first-order chi connectivity index (χ1) is 8.26. The number of nitriles is 1. The van der Waals surface area contributed by atoms with Crippen molar-refractivity contribution in [1.82, 2.24) is 10.2 Å². The van der Waals surface area contributed by atoms with Gasteiger partial charge in [-0.15, -0.1) is 0 Å². The third-order valence-corrected chi connectivity index (χ3v) is 3.25. The quantitative estimate of drug-likeness (QED) is 0.703. The molecule has 0 radical (unpaired) electrons. The number of hydrogen-bond acceptors (Lipinski definition) is 4. The molecule has 0 fully saturated rings. The third kappa shape index (κ3) is 5.03. The Labute approximate surface area is 110 Å². The standard InChI is InChI=1S/C13H25N3O2/c1-10(2)13(5,9-14)15-12(18)8-16(6-7-17)11(3)4/h10-11,17H,6-8H2,1-5H3,(H,15,18). The molecule has 2 N–H and O–H groups in total. The van der Waals surface area contributed by atoms with E-state index in [4.69, 9.17) is 10.4 Å². The molecule has 5 heteroatoms. The van der Waals surface area contributed by atoms with Crippen molar-refractivity contribution in [2.45, 2.75) is 46.2 Å². The summed E-state index contributed by atoms with van der Waals surface area (Å²) in [7, 11) is 0. The van der Waals surface area contributed by atoms with Crippen LogP contribution in [0.4, 0.5) is 0 Å². The van der Waals surface area contributed by atoms with Crippen LogP contribution in [0.15, 0.2) is 0 Å². The van der Waals surface area contributed by atoms with Crippen molar-refractivity contribution in [2.24, 2.45) is 5.92 Å². The highest BCUT2D eigenvalue weighted by molar-refractivity contribution is 5.79. The zero-order valence-corrected chi connectivity index (χ0v) is 12.0. The molecule has 5 nitrogen and oxygen atoms in total. The maximum Gasteiger partial charge on any atom is 0.235 e. The van der Waals surface area contributed by atoms with E-state index in [9.17, 15) is 4.79 Å². The van der Waals surface area contributed by atoms with Crippen LogP contribution in [0.1, 0.15) is 34.6 Å². The van der Waals surface area contributed by atoms with Crippen LogP contribution in [0, 0.1) is 17.2 Å². The van der Waals surface area contributed by atoms with Gasteiger partial charge >= 0.3 is 0 Å². The Balaban J connectivity index is 4.54. The third-order valence-electron chi connectivity index (χ3n) is 3.25. The molecule has 0 aliphatic heterocycles. The fourth-order valence-corrected chi connectivity index (χ4v) is 1.46. The maximum atomic E-state index is 11.9. The SMILES string of the molecule is CC(C)N(CCO)CC(=O)NC(C)(C#N)C(C)C. The topological polar surface area (TPSA) is 76.4 Å². The van der Waals surface area contributed by atoms with Gasteiger partial charge in [0.25, 0.3) is 0 Å². The van der Waals surface area contributed by atoms with Gasteiger partial charge in [0.05, 0.1) is 19.2 Å². The Morgan fingerprint density at radius 1 is 1.44 bits per heavy atom. The molecule has 0 aromatic carbocycles. The fraction of sp³-hybridized carbons (Fsp3) is 0.846. The van der Waals surface area contributed by atoms with E-state index in [1.165, 1.54) is 0 Å². The van der Waals surface area contributed by atoms with Gasteiger partial charge in [0.1, 0.15) is 5.54 Å². The normalized spacial score (nSPS) is 14.7. The van der Waals surface area contributed by atoms with Gasteiger partial charge in [0.15, 0.2) is 0 Å². The smallest absolute Gasteiger partial charge is 0.235 e. The molecule has 1 atom stereocenters. The molecule has 0 spiro atoms. The summed E-state index contributed by atoms with van der Waals surface area (Å²) < 4.78 is 0. The molecule has 0 aliphatic carbocycles. The van der Waals surface area contributed by atoms with Gasteiger partial charge in [-0.2, -0.15) is 5.26 Å². The molecule has 18 heavy (non-hydrogen) atoms. The summed E-state index contributed by atoms with van der Waals surface area (Å²) in [5.74, 6) is -0.147. The summed E-state index contributed by atoms with van der Waals surface area (Å²) in [6.07, 6.45) is 0. The van der Waals surface area contributed by atoms with Crippen LogP contribution in [0.3, 0.4) is 0 Å². The van der Waals surface area contributed by atoms with Crippen molar-refractivity contribution in [3.63, 3.8) is 0 Å². The van der Waals surface area contributed by atoms with E-state index in [2.05, 4.69) is 11.4 Å². The Morgan fingerprint density at radius 2 is 2.00 bits per heavy atom. The molecule has 0 aromatic heterocycles. The van der Waals surface area contributed by atoms with Gasteiger partial charge < -0.3 is 10.4 Å². The summed E-state index contributed by atoms with van der Waals surface area (Å²) in [5, 5.41) is 20.8. The van der Waals surface area contributed by atoms with Crippen LogP contribution >= 0.6 is 0 Å². The minimum Gasteiger partial charge on any atom is -0.395 e.